The summed E-state index contributed by atoms with van der Waals surface area (Å²) in [7, 11) is -3.76. The van der Waals surface area contributed by atoms with Gasteiger partial charge >= 0.3 is 0 Å². The van der Waals surface area contributed by atoms with Gasteiger partial charge in [-0.05, 0) is 42.3 Å². The lowest BCUT2D eigenvalue weighted by atomic mass is 10.1. The zero-order valence-corrected chi connectivity index (χ0v) is 17.7. The van der Waals surface area contributed by atoms with E-state index < -0.39 is 10.0 Å². The number of aryl methyl sites for hydroxylation is 1. The van der Waals surface area contributed by atoms with Crippen molar-refractivity contribution in [3.05, 3.63) is 59.7 Å². The molecule has 1 heterocycles. The molecule has 0 aromatic heterocycles. The third kappa shape index (κ3) is 5.88. The van der Waals surface area contributed by atoms with Gasteiger partial charge < -0.3 is 10.2 Å². The maximum atomic E-state index is 12.6. The number of primary sulfonamides is 1. The fraction of sp³-hybridized carbons (Fsp3) is 0.333. The second-order valence-corrected chi connectivity index (χ2v) is 8.94. The van der Waals surface area contributed by atoms with E-state index in [4.69, 9.17) is 5.14 Å². The molecular weight excluding hydrogens is 404 g/mol. The van der Waals surface area contributed by atoms with E-state index in [0.717, 1.165) is 11.1 Å². The van der Waals surface area contributed by atoms with Crippen LogP contribution in [0.5, 0.6) is 0 Å². The van der Waals surface area contributed by atoms with Crippen molar-refractivity contribution in [1.29, 1.82) is 0 Å². The quantitative estimate of drug-likeness (QED) is 0.709. The minimum atomic E-state index is -3.76. The van der Waals surface area contributed by atoms with Crippen LogP contribution in [-0.2, 0) is 26.0 Å². The van der Waals surface area contributed by atoms with E-state index in [9.17, 15) is 18.0 Å². The van der Waals surface area contributed by atoms with Crippen LogP contribution in [0.3, 0.4) is 0 Å². The summed E-state index contributed by atoms with van der Waals surface area (Å²) in [6.45, 7) is 4.62. The van der Waals surface area contributed by atoms with Gasteiger partial charge in [-0.3, -0.25) is 14.5 Å². The lowest BCUT2D eigenvalue weighted by molar-refractivity contribution is -0.132. The van der Waals surface area contributed by atoms with Crippen LogP contribution in [0, 0.1) is 6.92 Å². The average Bonchev–Trinajstić information content (AvgIpc) is 2.70. The zero-order chi connectivity index (χ0) is 21.7. The zero-order valence-electron chi connectivity index (χ0n) is 16.9. The van der Waals surface area contributed by atoms with Crippen molar-refractivity contribution < 1.29 is 18.0 Å². The summed E-state index contributed by atoms with van der Waals surface area (Å²) in [5.74, 6) is -0.0959. The van der Waals surface area contributed by atoms with E-state index in [-0.39, 0.29) is 23.3 Å². The van der Waals surface area contributed by atoms with Gasteiger partial charge in [0.05, 0.1) is 17.9 Å². The molecule has 0 radical (unpaired) electrons. The van der Waals surface area contributed by atoms with Crippen molar-refractivity contribution in [3.8, 4) is 0 Å². The molecule has 1 fully saturated rings. The summed E-state index contributed by atoms with van der Waals surface area (Å²) < 4.78 is 22.6. The number of rotatable bonds is 6. The largest absolute Gasteiger partial charge is 0.340 e. The number of sulfonamides is 1. The van der Waals surface area contributed by atoms with Crippen molar-refractivity contribution in [3.63, 3.8) is 0 Å². The Hall–Kier alpha value is -2.75. The normalized spacial score (nSPS) is 15.1. The molecule has 1 saturated heterocycles. The molecule has 0 atom stereocenters. The summed E-state index contributed by atoms with van der Waals surface area (Å²) in [5.41, 5.74) is 2.65. The highest BCUT2D eigenvalue weighted by molar-refractivity contribution is 7.89. The highest BCUT2D eigenvalue weighted by Crippen LogP contribution is 2.14. The number of carbonyl (C=O) groups is 2. The molecular formula is C21H26N4O4S. The van der Waals surface area contributed by atoms with Gasteiger partial charge in [0.15, 0.2) is 0 Å². The molecule has 2 aromatic carbocycles. The second-order valence-electron chi connectivity index (χ2n) is 7.38. The van der Waals surface area contributed by atoms with Crippen LogP contribution in [-0.4, -0.2) is 62.8 Å². The summed E-state index contributed by atoms with van der Waals surface area (Å²) in [5, 5.41) is 7.81. The molecule has 0 aliphatic carbocycles. The van der Waals surface area contributed by atoms with Crippen molar-refractivity contribution in [2.75, 3.05) is 38.0 Å². The van der Waals surface area contributed by atoms with Gasteiger partial charge in [0, 0.05) is 31.9 Å². The monoisotopic (exact) mass is 430 g/mol. The third-order valence-electron chi connectivity index (χ3n) is 5.16. The van der Waals surface area contributed by atoms with Gasteiger partial charge in [-0.25, -0.2) is 13.6 Å². The number of hydrogen-bond donors (Lipinski definition) is 2. The SMILES string of the molecule is Cc1ccccc1CC(=O)N1CCN(CC(=O)Nc2ccc(S(N)(=O)=O)cc2)CC1. The first-order chi connectivity index (χ1) is 14.2. The second kappa shape index (κ2) is 9.38. The lowest BCUT2D eigenvalue weighted by Gasteiger charge is -2.34. The Labute approximate surface area is 176 Å². The molecule has 3 rings (SSSR count). The number of anilines is 1. The molecule has 9 heteroatoms. The van der Waals surface area contributed by atoms with Crippen LogP contribution in [0.25, 0.3) is 0 Å². The Morgan fingerprint density at radius 3 is 2.23 bits per heavy atom. The number of nitrogens with two attached hydrogens (primary N) is 1. The minimum absolute atomic E-state index is 0.00742. The maximum Gasteiger partial charge on any atom is 0.238 e. The molecule has 0 saturated carbocycles. The summed E-state index contributed by atoms with van der Waals surface area (Å²) in [6.07, 6.45) is 0.391. The van der Waals surface area contributed by atoms with Gasteiger partial charge in [0.1, 0.15) is 0 Å². The Morgan fingerprint density at radius 2 is 1.63 bits per heavy atom. The molecule has 160 valence electrons. The molecule has 0 bridgehead atoms. The van der Waals surface area contributed by atoms with Crippen LogP contribution >= 0.6 is 0 Å². The van der Waals surface area contributed by atoms with Crippen LogP contribution in [0.2, 0.25) is 0 Å². The Bertz CT molecular complexity index is 1010. The van der Waals surface area contributed by atoms with Crippen LogP contribution in [0.4, 0.5) is 5.69 Å². The van der Waals surface area contributed by atoms with Crippen molar-refractivity contribution in [2.45, 2.75) is 18.2 Å². The average molecular weight is 431 g/mol. The van der Waals surface area contributed by atoms with Gasteiger partial charge in [0.25, 0.3) is 0 Å². The summed E-state index contributed by atoms with van der Waals surface area (Å²) in [4.78, 5) is 28.7. The smallest absolute Gasteiger partial charge is 0.238 e. The third-order valence-corrected chi connectivity index (χ3v) is 6.09. The maximum absolute atomic E-state index is 12.6. The Kier molecular flexibility index (Phi) is 6.86. The highest BCUT2D eigenvalue weighted by atomic mass is 32.2. The molecule has 1 aliphatic rings. The summed E-state index contributed by atoms with van der Waals surface area (Å²) >= 11 is 0. The highest BCUT2D eigenvalue weighted by Gasteiger charge is 2.22. The number of piperazine rings is 1. The van der Waals surface area contributed by atoms with Gasteiger partial charge in [-0.1, -0.05) is 24.3 Å². The molecule has 3 N–H and O–H groups in total. The molecule has 30 heavy (non-hydrogen) atoms. The number of carbonyl (C=O) groups excluding carboxylic acids is 2. The Balaban J connectivity index is 1.45. The van der Waals surface area contributed by atoms with E-state index in [2.05, 4.69) is 5.32 Å². The van der Waals surface area contributed by atoms with Crippen molar-refractivity contribution in [1.82, 2.24) is 9.80 Å². The molecule has 1 aliphatic heterocycles. The van der Waals surface area contributed by atoms with Crippen LogP contribution in [0.1, 0.15) is 11.1 Å². The van der Waals surface area contributed by atoms with Gasteiger partial charge in [-0.2, -0.15) is 0 Å². The van der Waals surface area contributed by atoms with Gasteiger partial charge in [-0.15, -0.1) is 0 Å². The predicted molar refractivity (Wildman–Crippen MR) is 114 cm³/mol. The fourth-order valence-corrected chi connectivity index (χ4v) is 3.89. The van der Waals surface area contributed by atoms with Gasteiger partial charge in [0.2, 0.25) is 21.8 Å². The van der Waals surface area contributed by atoms with E-state index >= 15 is 0 Å². The summed E-state index contributed by atoms with van der Waals surface area (Å²) in [6, 6.07) is 13.6. The molecule has 8 nitrogen and oxygen atoms in total. The van der Waals surface area contributed by atoms with Crippen molar-refractivity contribution in [2.24, 2.45) is 5.14 Å². The number of amides is 2. The molecule has 2 amide bonds. The van der Waals surface area contributed by atoms with E-state index in [1.165, 1.54) is 24.3 Å². The number of hydrogen-bond acceptors (Lipinski definition) is 5. The molecule has 0 spiro atoms. The predicted octanol–water partition coefficient (Wildman–Crippen LogP) is 0.968. The lowest BCUT2D eigenvalue weighted by Crippen LogP contribution is -2.50. The van der Waals surface area contributed by atoms with E-state index in [0.29, 0.717) is 38.3 Å². The number of nitrogens with zero attached hydrogens (tertiary/aromatic N) is 2. The topological polar surface area (TPSA) is 113 Å². The van der Waals surface area contributed by atoms with Crippen molar-refractivity contribution >= 4 is 27.5 Å². The van der Waals surface area contributed by atoms with Crippen LogP contribution < -0.4 is 10.5 Å². The first-order valence-corrected chi connectivity index (χ1v) is 11.2. The first-order valence-electron chi connectivity index (χ1n) is 9.70. The fourth-order valence-electron chi connectivity index (χ4n) is 3.37. The standard InChI is InChI=1S/C21H26N4O4S/c1-16-4-2-3-5-17(16)14-21(27)25-12-10-24(11-13-25)15-20(26)23-18-6-8-19(9-7-18)30(22,28)29/h2-9H,10-15H2,1H3,(H,23,26)(H2,22,28,29). The number of benzene rings is 2. The molecule has 0 unspecified atom stereocenters. The first kappa shape index (κ1) is 21.9. The van der Waals surface area contributed by atoms with Crippen LogP contribution in [0.15, 0.2) is 53.4 Å². The minimum Gasteiger partial charge on any atom is -0.340 e. The molecule has 2 aromatic rings. The van der Waals surface area contributed by atoms with E-state index in [1.807, 2.05) is 41.0 Å². The van der Waals surface area contributed by atoms with E-state index in [1.54, 1.807) is 0 Å². The number of nitrogens with one attached hydrogen (secondary N) is 1. The Morgan fingerprint density at radius 1 is 1.00 bits per heavy atom.